The van der Waals surface area contributed by atoms with Gasteiger partial charge in [0.25, 0.3) is 0 Å². The maximum Gasteiger partial charge on any atom is 0.0814 e. The van der Waals surface area contributed by atoms with Crippen molar-refractivity contribution in [1.29, 1.82) is 0 Å². The molecule has 0 aromatic rings. The van der Waals surface area contributed by atoms with Crippen LogP contribution in [0.3, 0.4) is 0 Å². The first kappa shape index (κ1) is 15.7. The molecule has 1 atom stereocenters. The van der Waals surface area contributed by atoms with Crippen LogP contribution in [0.25, 0.3) is 0 Å². The van der Waals surface area contributed by atoms with Gasteiger partial charge in [-0.15, -0.1) is 0 Å². The molecule has 0 heterocycles. The van der Waals surface area contributed by atoms with Crippen molar-refractivity contribution in [1.82, 2.24) is 0 Å². The average molecular weight is 185 g/mol. The second-order valence-corrected chi connectivity index (χ2v) is 0.651. The van der Waals surface area contributed by atoms with E-state index in [9.17, 15) is 0 Å². The van der Waals surface area contributed by atoms with E-state index in [1.54, 1.807) is 0 Å². The van der Waals surface area contributed by atoms with Crippen molar-refractivity contribution in [3.05, 3.63) is 7.43 Å². The van der Waals surface area contributed by atoms with Gasteiger partial charge in [0, 0.05) is 32.7 Å². The van der Waals surface area contributed by atoms with Crippen LogP contribution in [-0.2, 0) is 44.1 Å². The van der Waals surface area contributed by atoms with Gasteiger partial charge in [0.15, 0.2) is 0 Å². The quantitative estimate of drug-likeness (QED) is 0.419. The van der Waals surface area contributed by atoms with Crippen molar-refractivity contribution in [2.75, 3.05) is 0 Å². The van der Waals surface area contributed by atoms with Crippen LogP contribution in [0.4, 0.5) is 0 Å². The summed E-state index contributed by atoms with van der Waals surface area (Å²) in [6.45, 7) is 0. The average Bonchev–Trinajstić information content (AvgIpc) is 0.811. The minimum Gasteiger partial charge on any atom is -0.750 e. The first-order chi connectivity index (χ1) is 1.73. The third kappa shape index (κ3) is 65.4. The van der Waals surface area contributed by atoms with E-state index in [0.29, 0.717) is 0 Å². The van der Waals surface area contributed by atoms with Gasteiger partial charge in [-0.25, -0.2) is 4.21 Å². The minimum absolute atomic E-state index is 0. The normalized spacial score (nSPS) is 10.3. The Kier molecular flexibility index (Phi) is 24.8. The van der Waals surface area contributed by atoms with E-state index in [1.807, 2.05) is 0 Å². The molecule has 0 aliphatic carbocycles. The van der Waals surface area contributed by atoms with Crippen molar-refractivity contribution in [3.8, 4) is 0 Å². The molecule has 0 aromatic carbocycles. The molecule has 0 saturated carbocycles. The molecule has 5 heteroatoms. The van der Waals surface area contributed by atoms with Gasteiger partial charge in [-0.3, -0.25) is 0 Å². The SMILES string of the molecule is O=S([O-])O.[CH3-].[Y]. The fraction of sp³-hybridized carbons (Fsp3) is 0. The van der Waals surface area contributed by atoms with E-state index < -0.39 is 11.4 Å². The molecule has 6 heavy (non-hydrogen) atoms. The number of hydrogen-bond acceptors (Lipinski definition) is 2. The molecule has 0 aliphatic rings. The van der Waals surface area contributed by atoms with Crippen molar-refractivity contribution >= 4 is 11.4 Å². The zero-order valence-corrected chi connectivity index (χ0v) is 6.90. The molecule has 37 valence electrons. The summed E-state index contributed by atoms with van der Waals surface area (Å²) >= 11 is -2.86. The van der Waals surface area contributed by atoms with Gasteiger partial charge in [-0.1, -0.05) is 0 Å². The van der Waals surface area contributed by atoms with Crippen molar-refractivity contribution in [2.45, 2.75) is 0 Å². The first-order valence-electron chi connectivity index (χ1n) is 0.516. The molecule has 0 bridgehead atoms. The van der Waals surface area contributed by atoms with Crippen molar-refractivity contribution in [3.63, 3.8) is 0 Å². The molecule has 1 unspecified atom stereocenters. The van der Waals surface area contributed by atoms with Crippen LogP contribution in [0.15, 0.2) is 0 Å². The topological polar surface area (TPSA) is 60.4 Å². The van der Waals surface area contributed by atoms with Crippen LogP contribution in [0.5, 0.6) is 0 Å². The molecule has 0 fully saturated rings. The van der Waals surface area contributed by atoms with Crippen LogP contribution in [0.2, 0.25) is 0 Å². The Morgan fingerprint density at radius 3 is 1.67 bits per heavy atom. The van der Waals surface area contributed by atoms with Crippen LogP contribution < -0.4 is 0 Å². The molecule has 3 nitrogen and oxygen atoms in total. The number of rotatable bonds is 0. The molecule has 1 radical (unpaired) electrons. The molecular weight excluding hydrogens is 181 g/mol. The van der Waals surface area contributed by atoms with E-state index in [1.165, 1.54) is 0 Å². The van der Waals surface area contributed by atoms with E-state index >= 15 is 0 Å². The Morgan fingerprint density at radius 1 is 1.67 bits per heavy atom. The van der Waals surface area contributed by atoms with Gasteiger partial charge in [-0.2, -0.15) is 0 Å². The van der Waals surface area contributed by atoms with E-state index in [4.69, 9.17) is 13.3 Å². The molecule has 1 N–H and O–H groups in total. The van der Waals surface area contributed by atoms with Crippen LogP contribution >= 0.6 is 0 Å². The number of hydrogen-bond donors (Lipinski definition) is 1. The molecule has 0 aliphatic heterocycles. The van der Waals surface area contributed by atoms with Gasteiger partial charge in [0.2, 0.25) is 0 Å². The molecular formula is CH4O3SY-2. The van der Waals surface area contributed by atoms with Crippen LogP contribution in [0, 0.1) is 7.43 Å². The summed E-state index contributed by atoms with van der Waals surface area (Å²) in [5, 5.41) is 0. The van der Waals surface area contributed by atoms with E-state index in [-0.39, 0.29) is 40.1 Å². The maximum absolute atomic E-state index is 8.56. The molecule has 0 spiro atoms. The van der Waals surface area contributed by atoms with E-state index in [2.05, 4.69) is 0 Å². The van der Waals surface area contributed by atoms with E-state index in [0.717, 1.165) is 0 Å². The summed E-state index contributed by atoms with van der Waals surface area (Å²) in [6, 6.07) is 0. The predicted molar refractivity (Wildman–Crippen MR) is 18.0 cm³/mol. The Bertz CT molecular complexity index is 33.8. The summed E-state index contributed by atoms with van der Waals surface area (Å²) in [5.74, 6) is 0. The van der Waals surface area contributed by atoms with Crippen molar-refractivity contribution < 1.29 is 46.0 Å². The Labute approximate surface area is 64.5 Å². The summed E-state index contributed by atoms with van der Waals surface area (Å²) in [5.41, 5.74) is 0. The fourth-order valence-electron chi connectivity index (χ4n) is 0. The summed E-state index contributed by atoms with van der Waals surface area (Å²) < 4.78 is 24.1. The maximum atomic E-state index is 8.56. The predicted octanol–water partition coefficient (Wildman–Crippen LogP) is -0.214. The summed E-state index contributed by atoms with van der Waals surface area (Å²) in [4.78, 5) is 0. The largest absolute Gasteiger partial charge is 0.750 e. The van der Waals surface area contributed by atoms with Gasteiger partial charge in [0.05, 0.1) is 11.4 Å². The molecule has 0 amide bonds. The van der Waals surface area contributed by atoms with Gasteiger partial charge < -0.3 is 16.5 Å². The Morgan fingerprint density at radius 2 is 1.67 bits per heavy atom. The van der Waals surface area contributed by atoms with Gasteiger partial charge in [-0.05, 0) is 0 Å². The molecule has 0 aromatic heterocycles. The zero-order chi connectivity index (χ0) is 3.58. The monoisotopic (exact) mass is 185 g/mol. The second kappa shape index (κ2) is 9.49. The summed E-state index contributed by atoms with van der Waals surface area (Å²) in [6.07, 6.45) is 0. The second-order valence-electron chi connectivity index (χ2n) is 0.217. The Balaban J connectivity index is -0.0000000450. The standard InChI is InChI=1S/CH3.H2O3S.Y/c;1-4(2)3;/h1H3;(H2,1,2,3);/q-1;;/p-1. The van der Waals surface area contributed by atoms with Crippen LogP contribution in [-0.4, -0.2) is 13.3 Å². The van der Waals surface area contributed by atoms with Gasteiger partial charge in [0.1, 0.15) is 0 Å². The smallest absolute Gasteiger partial charge is 0.0814 e. The summed E-state index contributed by atoms with van der Waals surface area (Å²) in [7, 11) is 0. The van der Waals surface area contributed by atoms with Gasteiger partial charge >= 0.3 is 0 Å². The fourth-order valence-corrected chi connectivity index (χ4v) is 0. The zero-order valence-electron chi connectivity index (χ0n) is 3.25. The van der Waals surface area contributed by atoms with Crippen LogP contribution in [0.1, 0.15) is 0 Å². The first-order valence-corrected chi connectivity index (χ1v) is 1.55. The minimum atomic E-state index is -2.86. The third-order valence-corrected chi connectivity index (χ3v) is 0. The Hall–Kier alpha value is 1.17. The molecule has 0 saturated heterocycles. The van der Waals surface area contributed by atoms with Crippen molar-refractivity contribution in [2.24, 2.45) is 0 Å². The third-order valence-electron chi connectivity index (χ3n) is 0. The molecule has 0 rings (SSSR count).